The number of hydrogen-bond donors (Lipinski definition) is 0. The number of aromatic nitrogens is 2. The summed E-state index contributed by atoms with van der Waals surface area (Å²) in [6, 6.07) is 6.15. The zero-order chi connectivity index (χ0) is 16.8. The van der Waals surface area contributed by atoms with Gasteiger partial charge < -0.3 is 14.6 Å². The van der Waals surface area contributed by atoms with Crippen molar-refractivity contribution < 1.29 is 9.90 Å². The summed E-state index contributed by atoms with van der Waals surface area (Å²) in [4.78, 5) is 17.6. The molecule has 1 heterocycles. The van der Waals surface area contributed by atoms with Gasteiger partial charge in [-0.2, -0.15) is 0 Å². The summed E-state index contributed by atoms with van der Waals surface area (Å²) in [7, 11) is 1.97. The number of alkyl halides is 2. The first kappa shape index (κ1) is 17.9. The van der Waals surface area contributed by atoms with Crippen LogP contribution in [0.1, 0.15) is 18.7 Å². The number of anilines is 1. The first-order valence-corrected chi connectivity index (χ1v) is 8.70. The lowest BCUT2D eigenvalue weighted by Gasteiger charge is -2.22. The highest BCUT2D eigenvalue weighted by atomic mass is 35.5. The summed E-state index contributed by atoms with van der Waals surface area (Å²) in [6.45, 7) is 1.48. The average Bonchev–Trinajstić information content (AvgIpc) is 2.83. The van der Waals surface area contributed by atoms with Crippen LogP contribution < -0.4 is 4.90 Å². The van der Waals surface area contributed by atoms with Crippen LogP contribution in [0.2, 0.25) is 0 Å². The zero-order valence-electron chi connectivity index (χ0n) is 13.2. The van der Waals surface area contributed by atoms with Crippen molar-refractivity contribution in [2.45, 2.75) is 19.3 Å². The summed E-state index contributed by atoms with van der Waals surface area (Å²) in [5, 5.41) is 6.97. The van der Waals surface area contributed by atoms with E-state index in [9.17, 15) is 4.79 Å². The van der Waals surface area contributed by atoms with Crippen LogP contribution in [-0.2, 0) is 18.3 Å². The molecule has 7 heteroatoms. The molecule has 0 spiro atoms. The van der Waals surface area contributed by atoms with Crippen LogP contribution >= 0.6 is 23.2 Å². The first-order valence-electron chi connectivity index (χ1n) is 7.63. The predicted octanol–water partition coefficient (Wildman–Crippen LogP) is 2.43. The molecular formula is C16H22Cl2N3O2+. The maximum Gasteiger partial charge on any atom is 0.515 e. The number of imidazole rings is 1. The molecule has 0 aliphatic rings. The van der Waals surface area contributed by atoms with Gasteiger partial charge in [0.25, 0.3) is 0 Å². The number of fused-ring (bicyclic) bond motifs is 1. The molecule has 23 heavy (non-hydrogen) atoms. The number of benzene rings is 1. The Balaban J connectivity index is 2.23. The minimum Gasteiger partial charge on any atom is -0.565 e. The normalized spacial score (nSPS) is 11.1. The summed E-state index contributed by atoms with van der Waals surface area (Å²) in [5.74, 6) is 1.50. The minimum absolute atomic E-state index is 0.272. The number of carbonyl (C=O) groups is 1. The lowest BCUT2D eigenvalue weighted by molar-refractivity contribution is -0.137. The van der Waals surface area contributed by atoms with Crippen molar-refractivity contribution in [1.29, 1.82) is 0 Å². The van der Waals surface area contributed by atoms with E-state index in [-0.39, 0.29) is 6.42 Å². The smallest absolute Gasteiger partial charge is 0.515 e. The molecule has 0 bridgehead atoms. The Labute approximate surface area is 145 Å². The second-order valence-corrected chi connectivity index (χ2v) is 6.16. The third-order valence-electron chi connectivity index (χ3n) is 3.84. The number of aryl methyl sites for hydroxylation is 2. The molecule has 1 aromatic heterocycles. The number of hydrogen-bond acceptors (Lipinski definition) is 3. The number of halogens is 2. The van der Waals surface area contributed by atoms with Crippen molar-refractivity contribution in [3.63, 3.8) is 0 Å². The van der Waals surface area contributed by atoms with E-state index in [1.807, 2.05) is 23.7 Å². The third kappa shape index (κ3) is 4.52. The molecule has 0 saturated carbocycles. The van der Waals surface area contributed by atoms with Gasteiger partial charge in [0.2, 0.25) is 0 Å². The highest BCUT2D eigenvalue weighted by Gasteiger charge is 2.13. The number of nitrogens with zero attached hydrogens (tertiary/aromatic N) is 3. The molecule has 0 amide bonds. The second kappa shape index (κ2) is 8.41. The standard InChI is InChI=1S/C16H21Cl2N3O2/c1-20-14-6-5-12(21(9-7-17)10-8-18)11-13(14)19-15(20)3-2-4-16(22)23/h5-6,11H,2-4,7-10H2,1H3,(H,22,23)/p+1. The molecule has 0 unspecified atom stereocenters. The van der Waals surface area contributed by atoms with Gasteiger partial charge in [0.1, 0.15) is 12.2 Å². The molecule has 0 fully saturated rings. The quantitative estimate of drug-likeness (QED) is 0.510. The lowest BCUT2D eigenvalue weighted by atomic mass is 10.2. The third-order valence-corrected chi connectivity index (χ3v) is 4.17. The second-order valence-electron chi connectivity index (χ2n) is 5.40. The van der Waals surface area contributed by atoms with E-state index in [0.29, 0.717) is 24.6 Å². The molecule has 5 nitrogen and oxygen atoms in total. The van der Waals surface area contributed by atoms with Gasteiger partial charge in [-0.3, -0.25) is 0 Å². The molecule has 1 aromatic carbocycles. The van der Waals surface area contributed by atoms with Gasteiger partial charge in [-0.1, -0.05) is 0 Å². The summed E-state index contributed by atoms with van der Waals surface area (Å²) >= 11 is 11.7. The van der Waals surface area contributed by atoms with E-state index in [0.717, 1.165) is 35.6 Å². The van der Waals surface area contributed by atoms with Crippen LogP contribution in [0.5, 0.6) is 0 Å². The largest absolute Gasteiger partial charge is 0.565 e. The van der Waals surface area contributed by atoms with Crippen molar-refractivity contribution in [3.05, 3.63) is 24.0 Å². The topological polar surface area (TPSA) is 61.0 Å². The van der Waals surface area contributed by atoms with E-state index in [1.54, 1.807) is 0 Å². The van der Waals surface area contributed by atoms with E-state index in [2.05, 4.69) is 16.0 Å². The van der Waals surface area contributed by atoms with Gasteiger partial charge in [0.05, 0.1) is 11.0 Å². The zero-order valence-corrected chi connectivity index (χ0v) is 14.7. The van der Waals surface area contributed by atoms with E-state index >= 15 is 0 Å². The highest BCUT2D eigenvalue weighted by molar-refractivity contribution is 6.18. The highest BCUT2D eigenvalue weighted by Crippen LogP contribution is 2.23. The first-order chi connectivity index (χ1) is 11.1. The van der Waals surface area contributed by atoms with Gasteiger partial charge in [-0.25, -0.2) is 4.98 Å². The molecule has 0 aliphatic heterocycles. The van der Waals surface area contributed by atoms with E-state index < -0.39 is 5.97 Å². The molecule has 2 N–H and O–H groups in total. The summed E-state index contributed by atoms with van der Waals surface area (Å²) < 4.78 is 2.04. The Hall–Kier alpha value is -1.46. The Morgan fingerprint density at radius 3 is 2.61 bits per heavy atom. The monoisotopic (exact) mass is 358 g/mol. The molecule has 2 rings (SSSR count). The van der Waals surface area contributed by atoms with Crippen LogP contribution in [0, 0.1) is 0 Å². The van der Waals surface area contributed by atoms with Crippen molar-refractivity contribution in [1.82, 2.24) is 9.55 Å². The predicted molar refractivity (Wildman–Crippen MR) is 95.9 cm³/mol. The van der Waals surface area contributed by atoms with Crippen LogP contribution in [0.3, 0.4) is 0 Å². The van der Waals surface area contributed by atoms with Crippen LogP contribution in [0.15, 0.2) is 18.2 Å². The Morgan fingerprint density at radius 2 is 2.00 bits per heavy atom. The van der Waals surface area contributed by atoms with Crippen LogP contribution in [0.4, 0.5) is 5.69 Å². The summed E-state index contributed by atoms with van der Waals surface area (Å²) in [6.07, 6.45) is 1.61. The Kier molecular flexibility index (Phi) is 6.54. The molecule has 2 aromatic rings. The maximum atomic E-state index is 10.7. The number of carbonyl (C=O) groups excluding carboxylic acids is 1. The van der Waals surface area contributed by atoms with Crippen molar-refractivity contribution in [3.8, 4) is 0 Å². The van der Waals surface area contributed by atoms with Gasteiger partial charge in [-0.05, 0) is 24.6 Å². The fourth-order valence-electron chi connectivity index (χ4n) is 2.64. The maximum absolute atomic E-state index is 10.7. The van der Waals surface area contributed by atoms with E-state index in [1.165, 1.54) is 0 Å². The van der Waals surface area contributed by atoms with Crippen LogP contribution in [-0.4, -0.2) is 45.5 Å². The Bertz CT molecular complexity index is 667. The lowest BCUT2D eigenvalue weighted by Crippen LogP contribution is -2.27. The molecular weight excluding hydrogens is 337 g/mol. The van der Waals surface area contributed by atoms with E-state index in [4.69, 9.17) is 28.3 Å². The fraction of sp³-hybridized carbons (Fsp3) is 0.500. The van der Waals surface area contributed by atoms with Gasteiger partial charge in [0.15, 0.2) is 0 Å². The van der Waals surface area contributed by atoms with Crippen molar-refractivity contribution >= 4 is 45.9 Å². The van der Waals surface area contributed by atoms with Gasteiger partial charge >= 0.3 is 5.97 Å². The van der Waals surface area contributed by atoms with Gasteiger partial charge in [-0.15, -0.1) is 23.2 Å². The molecule has 0 radical (unpaired) electrons. The number of rotatable bonds is 9. The summed E-state index contributed by atoms with van der Waals surface area (Å²) in [5.41, 5.74) is 3.04. The molecule has 0 atom stereocenters. The SMILES string of the molecule is Cn1c(CCCC(=O)[OH2+])nc2cc(N(CCCl)CCCl)ccc21. The minimum atomic E-state index is -0.524. The average molecular weight is 359 g/mol. The Morgan fingerprint density at radius 1 is 1.30 bits per heavy atom. The molecule has 0 aliphatic carbocycles. The van der Waals surface area contributed by atoms with Gasteiger partial charge in [0, 0.05) is 48.8 Å². The van der Waals surface area contributed by atoms with Crippen molar-refractivity contribution in [2.75, 3.05) is 29.7 Å². The molecule has 126 valence electrons. The molecule has 0 saturated heterocycles. The van der Waals surface area contributed by atoms with Crippen LogP contribution in [0.25, 0.3) is 11.0 Å². The fourth-order valence-corrected chi connectivity index (χ4v) is 3.05. The van der Waals surface area contributed by atoms with Crippen molar-refractivity contribution in [2.24, 2.45) is 7.05 Å².